The fraction of sp³-hybridized carbons (Fsp3) is 0.176. The van der Waals surface area contributed by atoms with Crippen LogP contribution in [-0.4, -0.2) is 37.4 Å². The SMILES string of the molecule is COc1cccc(NC(=O)CN(C)C(=O)c2ccc(Cl)cc2Cl)c1. The van der Waals surface area contributed by atoms with Gasteiger partial charge in [0.05, 0.1) is 24.2 Å². The molecular weight excluding hydrogens is 351 g/mol. The zero-order chi connectivity index (χ0) is 17.7. The van der Waals surface area contributed by atoms with Gasteiger partial charge in [0.15, 0.2) is 0 Å². The molecular formula is C17H16Cl2N2O3. The second kappa shape index (κ2) is 8.04. The summed E-state index contributed by atoms with van der Waals surface area (Å²) < 4.78 is 5.10. The number of nitrogens with one attached hydrogen (secondary N) is 1. The normalized spacial score (nSPS) is 10.2. The number of halogens is 2. The summed E-state index contributed by atoms with van der Waals surface area (Å²) in [4.78, 5) is 25.7. The zero-order valence-corrected chi connectivity index (χ0v) is 14.7. The molecule has 1 N–H and O–H groups in total. The fourth-order valence-corrected chi connectivity index (χ4v) is 2.55. The van der Waals surface area contributed by atoms with E-state index in [0.29, 0.717) is 16.5 Å². The average Bonchev–Trinajstić information content (AvgIpc) is 2.54. The Morgan fingerprint density at radius 3 is 2.58 bits per heavy atom. The Hall–Kier alpha value is -2.24. The quantitative estimate of drug-likeness (QED) is 0.877. The lowest BCUT2D eigenvalue weighted by molar-refractivity contribution is -0.116. The standard InChI is InChI=1S/C17H16Cl2N2O3/c1-21(17(23)14-7-6-11(18)8-15(14)19)10-16(22)20-12-4-3-5-13(9-12)24-2/h3-9H,10H2,1-2H3,(H,20,22). The van der Waals surface area contributed by atoms with Crippen molar-refractivity contribution in [1.29, 1.82) is 0 Å². The predicted molar refractivity (Wildman–Crippen MR) is 95.0 cm³/mol. The maximum Gasteiger partial charge on any atom is 0.255 e. The van der Waals surface area contributed by atoms with Crippen LogP contribution < -0.4 is 10.1 Å². The molecule has 0 unspecified atom stereocenters. The van der Waals surface area contributed by atoms with Gasteiger partial charge in [-0.15, -0.1) is 0 Å². The van der Waals surface area contributed by atoms with Gasteiger partial charge >= 0.3 is 0 Å². The van der Waals surface area contributed by atoms with Gasteiger partial charge in [0.1, 0.15) is 5.75 Å². The second-order valence-corrected chi connectivity index (χ2v) is 5.91. The van der Waals surface area contributed by atoms with Gasteiger partial charge in [-0.25, -0.2) is 0 Å². The van der Waals surface area contributed by atoms with Gasteiger partial charge in [-0.1, -0.05) is 29.3 Å². The van der Waals surface area contributed by atoms with Crippen LogP contribution in [0.4, 0.5) is 5.69 Å². The average molecular weight is 367 g/mol. The van der Waals surface area contributed by atoms with Crippen LogP contribution in [0.3, 0.4) is 0 Å². The number of hydrogen-bond acceptors (Lipinski definition) is 3. The number of anilines is 1. The summed E-state index contributed by atoms with van der Waals surface area (Å²) in [5.41, 5.74) is 0.877. The first-order valence-electron chi connectivity index (χ1n) is 7.05. The van der Waals surface area contributed by atoms with Crippen LogP contribution in [0, 0.1) is 0 Å². The molecule has 0 spiro atoms. The lowest BCUT2D eigenvalue weighted by Crippen LogP contribution is -2.35. The minimum absolute atomic E-state index is 0.116. The Morgan fingerprint density at radius 2 is 1.92 bits per heavy atom. The fourth-order valence-electron chi connectivity index (χ4n) is 2.06. The van der Waals surface area contributed by atoms with Crippen molar-refractivity contribution in [3.05, 3.63) is 58.1 Å². The molecule has 24 heavy (non-hydrogen) atoms. The van der Waals surface area contributed by atoms with Crippen molar-refractivity contribution in [3.8, 4) is 5.75 Å². The van der Waals surface area contributed by atoms with Crippen molar-refractivity contribution < 1.29 is 14.3 Å². The van der Waals surface area contributed by atoms with Gasteiger partial charge in [0.2, 0.25) is 5.91 Å². The molecule has 0 aliphatic rings. The van der Waals surface area contributed by atoms with Gasteiger partial charge in [-0.05, 0) is 30.3 Å². The smallest absolute Gasteiger partial charge is 0.255 e. The van der Waals surface area contributed by atoms with Gasteiger partial charge in [-0.3, -0.25) is 9.59 Å². The largest absolute Gasteiger partial charge is 0.497 e. The Morgan fingerprint density at radius 1 is 1.17 bits per heavy atom. The first kappa shape index (κ1) is 18.1. The van der Waals surface area contributed by atoms with Crippen molar-refractivity contribution in [1.82, 2.24) is 4.90 Å². The van der Waals surface area contributed by atoms with Crippen molar-refractivity contribution in [2.24, 2.45) is 0 Å². The molecule has 0 heterocycles. The number of rotatable bonds is 5. The van der Waals surface area contributed by atoms with Crippen LogP contribution in [0.1, 0.15) is 10.4 Å². The zero-order valence-electron chi connectivity index (χ0n) is 13.2. The summed E-state index contributed by atoms with van der Waals surface area (Å²) in [6.07, 6.45) is 0. The molecule has 2 aromatic carbocycles. The topological polar surface area (TPSA) is 58.6 Å². The molecule has 7 heteroatoms. The Kier molecular flexibility index (Phi) is 6.06. The van der Waals surface area contributed by atoms with Crippen LogP contribution >= 0.6 is 23.2 Å². The molecule has 0 aromatic heterocycles. The summed E-state index contributed by atoms with van der Waals surface area (Å²) in [5, 5.41) is 3.39. The number of likely N-dealkylation sites (N-methyl/N-ethyl adjacent to an activating group) is 1. The molecule has 2 amide bonds. The van der Waals surface area contributed by atoms with Crippen molar-refractivity contribution in [2.45, 2.75) is 0 Å². The van der Waals surface area contributed by atoms with E-state index in [1.54, 1.807) is 37.4 Å². The van der Waals surface area contributed by atoms with Gasteiger partial charge < -0.3 is 15.0 Å². The highest BCUT2D eigenvalue weighted by Crippen LogP contribution is 2.22. The predicted octanol–water partition coefficient (Wildman–Crippen LogP) is 3.71. The lowest BCUT2D eigenvalue weighted by atomic mass is 10.2. The number of ether oxygens (including phenoxy) is 1. The second-order valence-electron chi connectivity index (χ2n) is 5.07. The van der Waals surface area contributed by atoms with Gasteiger partial charge in [-0.2, -0.15) is 0 Å². The first-order valence-corrected chi connectivity index (χ1v) is 7.80. The van der Waals surface area contributed by atoms with E-state index in [2.05, 4.69) is 5.32 Å². The van der Waals surface area contributed by atoms with Crippen LogP contribution in [0.15, 0.2) is 42.5 Å². The monoisotopic (exact) mass is 366 g/mol. The van der Waals surface area contributed by atoms with Gasteiger partial charge in [0, 0.05) is 23.8 Å². The Balaban J connectivity index is 2.01. The number of benzene rings is 2. The highest BCUT2D eigenvalue weighted by atomic mass is 35.5. The van der Waals surface area contributed by atoms with E-state index in [-0.39, 0.29) is 28.9 Å². The Bertz CT molecular complexity index is 765. The lowest BCUT2D eigenvalue weighted by Gasteiger charge is -2.17. The van der Waals surface area contributed by atoms with E-state index in [1.165, 1.54) is 24.1 Å². The summed E-state index contributed by atoms with van der Waals surface area (Å²) in [7, 11) is 3.07. The number of hydrogen-bond donors (Lipinski definition) is 1. The van der Waals surface area contributed by atoms with Crippen molar-refractivity contribution >= 4 is 40.7 Å². The van der Waals surface area contributed by atoms with E-state index in [0.717, 1.165) is 0 Å². The molecule has 0 saturated carbocycles. The summed E-state index contributed by atoms with van der Waals surface area (Å²) >= 11 is 11.8. The van der Waals surface area contributed by atoms with Crippen molar-refractivity contribution in [3.63, 3.8) is 0 Å². The molecule has 0 fully saturated rings. The molecule has 0 atom stereocenters. The summed E-state index contributed by atoms with van der Waals surface area (Å²) in [6.45, 7) is -0.116. The van der Waals surface area contributed by atoms with Crippen LogP contribution in [0.25, 0.3) is 0 Å². The number of amides is 2. The number of nitrogens with zero attached hydrogens (tertiary/aromatic N) is 1. The molecule has 5 nitrogen and oxygen atoms in total. The third-order valence-electron chi connectivity index (χ3n) is 3.24. The summed E-state index contributed by atoms with van der Waals surface area (Å²) in [6, 6.07) is 11.5. The minimum Gasteiger partial charge on any atom is -0.497 e. The van der Waals surface area contributed by atoms with E-state index >= 15 is 0 Å². The molecule has 126 valence electrons. The Labute approximate surface area is 150 Å². The molecule has 2 rings (SSSR count). The molecule has 0 radical (unpaired) electrons. The molecule has 0 saturated heterocycles. The number of methoxy groups -OCH3 is 1. The highest BCUT2D eigenvalue weighted by Gasteiger charge is 2.18. The highest BCUT2D eigenvalue weighted by molar-refractivity contribution is 6.36. The molecule has 0 bridgehead atoms. The van der Waals surface area contributed by atoms with E-state index in [9.17, 15) is 9.59 Å². The number of carbonyl (C=O) groups excluding carboxylic acids is 2. The maximum atomic E-state index is 12.4. The first-order chi connectivity index (χ1) is 11.4. The van der Waals surface area contributed by atoms with E-state index in [4.69, 9.17) is 27.9 Å². The van der Waals surface area contributed by atoms with E-state index in [1.807, 2.05) is 0 Å². The number of carbonyl (C=O) groups is 2. The van der Waals surface area contributed by atoms with E-state index < -0.39 is 0 Å². The summed E-state index contributed by atoms with van der Waals surface area (Å²) in [5.74, 6) is -0.0631. The van der Waals surface area contributed by atoms with Crippen LogP contribution in [0.5, 0.6) is 5.75 Å². The maximum absolute atomic E-state index is 12.4. The minimum atomic E-state index is -0.363. The van der Waals surface area contributed by atoms with Crippen molar-refractivity contribution in [2.75, 3.05) is 26.0 Å². The molecule has 0 aliphatic carbocycles. The third kappa shape index (κ3) is 4.63. The molecule has 0 aliphatic heterocycles. The third-order valence-corrected chi connectivity index (χ3v) is 3.79. The molecule has 2 aromatic rings. The van der Waals surface area contributed by atoms with Crippen LogP contribution in [0.2, 0.25) is 10.0 Å². The van der Waals surface area contributed by atoms with Gasteiger partial charge in [0.25, 0.3) is 5.91 Å². The van der Waals surface area contributed by atoms with Crippen LogP contribution in [-0.2, 0) is 4.79 Å².